The van der Waals surface area contributed by atoms with Crippen LogP contribution in [0.15, 0.2) is 24.3 Å². The molecule has 1 aliphatic carbocycles. The Morgan fingerprint density at radius 2 is 1.87 bits per heavy atom. The lowest BCUT2D eigenvalue weighted by molar-refractivity contribution is -0.128. The van der Waals surface area contributed by atoms with Gasteiger partial charge in [-0.15, -0.1) is 0 Å². The molecular formula is C19H27ClN2O. The van der Waals surface area contributed by atoms with Gasteiger partial charge in [-0.05, 0) is 55.8 Å². The van der Waals surface area contributed by atoms with Crippen molar-refractivity contribution in [3.63, 3.8) is 0 Å². The Bertz CT molecular complexity index is 525. The second-order valence-corrected chi connectivity index (χ2v) is 7.62. The highest BCUT2D eigenvalue weighted by Crippen LogP contribution is 2.29. The molecule has 3 rings (SSSR count). The summed E-state index contributed by atoms with van der Waals surface area (Å²) in [4.78, 5) is 15.4. The summed E-state index contributed by atoms with van der Waals surface area (Å²) in [7, 11) is 0. The first-order chi connectivity index (χ1) is 11.1. The molecule has 1 saturated heterocycles. The van der Waals surface area contributed by atoms with Crippen LogP contribution in [0.1, 0.15) is 57.1 Å². The number of hydrogen-bond donors (Lipinski definition) is 1. The van der Waals surface area contributed by atoms with Gasteiger partial charge in [-0.3, -0.25) is 9.69 Å². The summed E-state index contributed by atoms with van der Waals surface area (Å²) in [6.45, 7) is 4.26. The number of piperidine rings is 1. The fourth-order valence-corrected chi connectivity index (χ4v) is 4.11. The van der Waals surface area contributed by atoms with Crippen LogP contribution >= 0.6 is 11.6 Å². The number of amides is 1. The predicted octanol–water partition coefficient (Wildman–Crippen LogP) is 4.17. The highest BCUT2D eigenvalue weighted by Gasteiger charge is 2.32. The minimum absolute atomic E-state index is 0.160. The number of carbonyl (C=O) groups is 1. The van der Waals surface area contributed by atoms with Gasteiger partial charge >= 0.3 is 0 Å². The van der Waals surface area contributed by atoms with E-state index in [0.29, 0.717) is 12.0 Å². The summed E-state index contributed by atoms with van der Waals surface area (Å²) in [6.07, 6.45) is 7.13. The number of benzene rings is 1. The third-order valence-electron chi connectivity index (χ3n) is 5.19. The molecule has 2 aliphatic rings. The van der Waals surface area contributed by atoms with Crippen molar-refractivity contribution in [1.29, 1.82) is 0 Å². The summed E-state index contributed by atoms with van der Waals surface area (Å²) in [5.41, 5.74) is 1.05. The molecule has 0 radical (unpaired) electrons. The number of rotatable bonds is 4. The Morgan fingerprint density at radius 1 is 1.17 bits per heavy atom. The van der Waals surface area contributed by atoms with Crippen LogP contribution in [0.2, 0.25) is 5.02 Å². The number of halogens is 1. The molecule has 1 saturated carbocycles. The van der Waals surface area contributed by atoms with Crippen molar-refractivity contribution in [2.24, 2.45) is 5.92 Å². The lowest BCUT2D eigenvalue weighted by atomic mass is 9.95. The summed E-state index contributed by atoms with van der Waals surface area (Å²) in [5, 5.41) is 4.01. The average molecular weight is 335 g/mol. The largest absolute Gasteiger partial charge is 0.352 e. The molecule has 23 heavy (non-hydrogen) atoms. The molecule has 1 amide bonds. The number of carbonyl (C=O) groups excluding carboxylic acids is 1. The van der Waals surface area contributed by atoms with Gasteiger partial charge in [0, 0.05) is 17.6 Å². The number of hydrogen-bond acceptors (Lipinski definition) is 2. The maximum absolute atomic E-state index is 13.0. The quantitative estimate of drug-likeness (QED) is 0.896. The minimum atomic E-state index is -0.185. The minimum Gasteiger partial charge on any atom is -0.352 e. The summed E-state index contributed by atoms with van der Waals surface area (Å²) in [5.74, 6) is 0.811. The highest BCUT2D eigenvalue weighted by atomic mass is 35.5. The van der Waals surface area contributed by atoms with Gasteiger partial charge in [0.15, 0.2) is 0 Å². The molecule has 4 heteroatoms. The second-order valence-electron chi connectivity index (χ2n) is 7.19. The smallest absolute Gasteiger partial charge is 0.242 e. The summed E-state index contributed by atoms with van der Waals surface area (Å²) in [6, 6.07) is 7.96. The van der Waals surface area contributed by atoms with Crippen molar-refractivity contribution in [2.75, 3.05) is 13.1 Å². The molecule has 0 unspecified atom stereocenters. The van der Waals surface area contributed by atoms with E-state index in [1.54, 1.807) is 0 Å². The van der Waals surface area contributed by atoms with E-state index in [0.717, 1.165) is 36.5 Å². The van der Waals surface area contributed by atoms with Crippen molar-refractivity contribution in [2.45, 2.75) is 57.5 Å². The standard InChI is InChI=1S/C19H27ClN2O/c1-14-5-4-12-22(13-14)18(15-8-10-16(20)11-9-15)19(23)21-17-6-2-3-7-17/h8-11,14,17-18H,2-7,12-13H2,1H3,(H,21,23)/t14-,18+/m1/s1. The Kier molecular flexibility index (Phi) is 5.60. The Balaban J connectivity index is 1.79. The third-order valence-corrected chi connectivity index (χ3v) is 5.44. The number of nitrogens with zero attached hydrogens (tertiary/aromatic N) is 1. The van der Waals surface area contributed by atoms with E-state index < -0.39 is 0 Å². The molecule has 1 heterocycles. The van der Waals surface area contributed by atoms with Crippen molar-refractivity contribution >= 4 is 17.5 Å². The van der Waals surface area contributed by atoms with E-state index in [2.05, 4.69) is 17.1 Å². The van der Waals surface area contributed by atoms with Crippen molar-refractivity contribution in [1.82, 2.24) is 10.2 Å². The fourth-order valence-electron chi connectivity index (χ4n) is 3.98. The molecule has 1 aromatic carbocycles. The first kappa shape index (κ1) is 16.8. The molecule has 3 nitrogen and oxygen atoms in total. The van der Waals surface area contributed by atoms with Crippen LogP contribution in [0.4, 0.5) is 0 Å². The van der Waals surface area contributed by atoms with Gasteiger partial charge in [-0.1, -0.05) is 43.5 Å². The van der Waals surface area contributed by atoms with Crippen LogP contribution in [0, 0.1) is 5.92 Å². The highest BCUT2D eigenvalue weighted by molar-refractivity contribution is 6.30. The maximum atomic E-state index is 13.0. The topological polar surface area (TPSA) is 32.3 Å². The summed E-state index contributed by atoms with van der Waals surface area (Å²) >= 11 is 6.03. The molecule has 2 atom stereocenters. The molecule has 126 valence electrons. The predicted molar refractivity (Wildman–Crippen MR) is 94.6 cm³/mol. The van der Waals surface area contributed by atoms with Crippen LogP contribution in [-0.2, 0) is 4.79 Å². The van der Waals surface area contributed by atoms with E-state index in [9.17, 15) is 4.79 Å². The van der Waals surface area contributed by atoms with E-state index in [1.807, 2.05) is 24.3 Å². The SMILES string of the molecule is C[C@@H]1CCCN([C@H](C(=O)NC2CCCC2)c2ccc(Cl)cc2)C1. The van der Waals surface area contributed by atoms with Crippen LogP contribution in [-0.4, -0.2) is 29.9 Å². The zero-order valence-corrected chi connectivity index (χ0v) is 14.7. The van der Waals surface area contributed by atoms with Gasteiger partial charge in [0.1, 0.15) is 6.04 Å². The lowest BCUT2D eigenvalue weighted by Gasteiger charge is -2.37. The number of likely N-dealkylation sites (tertiary alicyclic amines) is 1. The van der Waals surface area contributed by atoms with Crippen LogP contribution in [0.25, 0.3) is 0 Å². The van der Waals surface area contributed by atoms with Crippen LogP contribution in [0.5, 0.6) is 0 Å². The molecule has 1 aromatic rings. The van der Waals surface area contributed by atoms with Crippen molar-refractivity contribution < 1.29 is 4.79 Å². The van der Waals surface area contributed by atoms with Crippen LogP contribution in [0.3, 0.4) is 0 Å². The Hall–Kier alpha value is -1.06. The van der Waals surface area contributed by atoms with Crippen molar-refractivity contribution in [3.8, 4) is 0 Å². The molecule has 0 spiro atoms. The monoisotopic (exact) mass is 334 g/mol. The molecule has 1 aliphatic heterocycles. The van der Waals surface area contributed by atoms with Gasteiger partial charge in [0.25, 0.3) is 0 Å². The Morgan fingerprint density at radius 3 is 2.52 bits per heavy atom. The average Bonchev–Trinajstić information content (AvgIpc) is 3.02. The molecule has 1 N–H and O–H groups in total. The lowest BCUT2D eigenvalue weighted by Crippen LogP contribution is -2.46. The van der Waals surface area contributed by atoms with Gasteiger partial charge in [0.05, 0.1) is 0 Å². The van der Waals surface area contributed by atoms with E-state index in [1.165, 1.54) is 25.7 Å². The van der Waals surface area contributed by atoms with Gasteiger partial charge < -0.3 is 5.32 Å². The van der Waals surface area contributed by atoms with E-state index in [4.69, 9.17) is 11.6 Å². The maximum Gasteiger partial charge on any atom is 0.242 e. The third kappa shape index (κ3) is 4.27. The van der Waals surface area contributed by atoms with Gasteiger partial charge in [-0.25, -0.2) is 0 Å². The van der Waals surface area contributed by atoms with Crippen LogP contribution < -0.4 is 5.32 Å². The first-order valence-corrected chi connectivity index (χ1v) is 9.31. The zero-order valence-electron chi connectivity index (χ0n) is 13.9. The normalized spacial score (nSPS) is 24.5. The molecule has 0 bridgehead atoms. The molecule has 0 aromatic heterocycles. The summed E-state index contributed by atoms with van der Waals surface area (Å²) < 4.78 is 0. The second kappa shape index (κ2) is 7.67. The Labute approximate surface area is 144 Å². The number of nitrogens with one attached hydrogen (secondary N) is 1. The molecular weight excluding hydrogens is 308 g/mol. The fraction of sp³-hybridized carbons (Fsp3) is 0.632. The van der Waals surface area contributed by atoms with Gasteiger partial charge in [0.2, 0.25) is 5.91 Å². The van der Waals surface area contributed by atoms with Crippen molar-refractivity contribution in [3.05, 3.63) is 34.9 Å². The van der Waals surface area contributed by atoms with E-state index >= 15 is 0 Å². The van der Waals surface area contributed by atoms with E-state index in [-0.39, 0.29) is 11.9 Å². The first-order valence-electron chi connectivity index (χ1n) is 8.93. The molecule has 2 fully saturated rings. The van der Waals surface area contributed by atoms with Gasteiger partial charge in [-0.2, -0.15) is 0 Å². The zero-order chi connectivity index (χ0) is 16.2.